The molecule has 0 saturated carbocycles. The van der Waals surface area contributed by atoms with E-state index in [1.165, 1.54) is 28.6 Å². The first-order chi connectivity index (χ1) is 22.2. The van der Waals surface area contributed by atoms with Crippen molar-refractivity contribution in [1.29, 1.82) is 5.26 Å². The zero-order chi connectivity index (χ0) is 32.4. The third-order valence-corrected chi connectivity index (χ3v) is 8.92. The Hall–Kier alpha value is -4.81. The standard InChI is InChI=1S/C31H29F3N8O3S/c1-40-9-2-3-19(40)17-45-31-38-28-22(15-37-27(26(28)34)21-13-20(43)4-5-23(21)32)29(39-31)41-10-11-42(18(16-41)6-7-35)30(44)24(33)14-25-36-8-12-46-25/h4-5,8,12-15,18-19,43H,2-3,6,9-11,16-17H2,1H3/b24-14-. The summed E-state index contributed by atoms with van der Waals surface area (Å²) in [5.41, 5.74) is -0.781. The molecule has 46 heavy (non-hydrogen) atoms. The van der Waals surface area contributed by atoms with Crippen molar-refractivity contribution < 1.29 is 27.8 Å². The second-order valence-electron chi connectivity index (χ2n) is 11.1. The van der Waals surface area contributed by atoms with Crippen LogP contribution >= 0.6 is 11.3 Å². The van der Waals surface area contributed by atoms with Gasteiger partial charge in [-0.25, -0.2) is 18.2 Å². The van der Waals surface area contributed by atoms with Crippen LogP contribution in [-0.2, 0) is 4.79 Å². The van der Waals surface area contributed by atoms with Crippen LogP contribution in [0.5, 0.6) is 11.8 Å². The summed E-state index contributed by atoms with van der Waals surface area (Å²) >= 11 is 1.18. The van der Waals surface area contributed by atoms with Crippen molar-refractivity contribution in [3.8, 4) is 29.1 Å². The molecule has 1 amide bonds. The van der Waals surface area contributed by atoms with Crippen LogP contribution in [0, 0.1) is 23.0 Å². The van der Waals surface area contributed by atoms with Crippen molar-refractivity contribution >= 4 is 40.0 Å². The molecule has 11 nitrogen and oxygen atoms in total. The number of amides is 1. The summed E-state index contributed by atoms with van der Waals surface area (Å²) in [5.74, 6) is -3.61. The van der Waals surface area contributed by atoms with Crippen LogP contribution in [0.1, 0.15) is 24.3 Å². The quantitative estimate of drug-likeness (QED) is 0.271. The SMILES string of the molecule is CN1CCCC1COc1nc(N2CCN(C(=O)/C(F)=C/c3nccs3)C(CC#N)C2)c2cnc(-c3cc(O)ccc3F)c(F)c2n1. The van der Waals surface area contributed by atoms with E-state index in [2.05, 4.69) is 30.9 Å². The number of aromatic hydroxyl groups is 1. The first-order valence-electron chi connectivity index (χ1n) is 14.6. The molecule has 2 unspecified atom stereocenters. The van der Waals surface area contributed by atoms with Crippen molar-refractivity contribution in [3.63, 3.8) is 0 Å². The lowest BCUT2D eigenvalue weighted by molar-refractivity contribution is -0.131. The van der Waals surface area contributed by atoms with Gasteiger partial charge in [0.1, 0.15) is 40.2 Å². The van der Waals surface area contributed by atoms with Gasteiger partial charge in [0, 0.05) is 55.1 Å². The zero-order valence-electron chi connectivity index (χ0n) is 24.7. The van der Waals surface area contributed by atoms with Crippen molar-refractivity contribution in [2.24, 2.45) is 0 Å². The minimum atomic E-state index is -0.996. The Kier molecular flexibility index (Phi) is 9.00. The zero-order valence-corrected chi connectivity index (χ0v) is 25.6. The number of pyridine rings is 1. The summed E-state index contributed by atoms with van der Waals surface area (Å²) in [7, 11) is 1.99. The van der Waals surface area contributed by atoms with E-state index in [1.54, 1.807) is 10.3 Å². The molecule has 2 atom stereocenters. The molecule has 1 aromatic carbocycles. The summed E-state index contributed by atoms with van der Waals surface area (Å²) < 4.78 is 51.8. The highest BCUT2D eigenvalue weighted by Crippen LogP contribution is 2.35. The van der Waals surface area contributed by atoms with E-state index >= 15 is 4.39 Å². The van der Waals surface area contributed by atoms with E-state index < -0.39 is 29.4 Å². The number of carbonyl (C=O) groups is 1. The van der Waals surface area contributed by atoms with Crippen LogP contribution in [0.25, 0.3) is 28.2 Å². The number of nitrogens with zero attached hydrogens (tertiary/aromatic N) is 8. The van der Waals surface area contributed by atoms with Gasteiger partial charge in [0.15, 0.2) is 11.6 Å². The van der Waals surface area contributed by atoms with E-state index in [9.17, 15) is 23.9 Å². The maximum absolute atomic E-state index is 16.2. The summed E-state index contributed by atoms with van der Waals surface area (Å²) in [6, 6.07) is 4.59. The Morgan fingerprint density at radius 2 is 2.07 bits per heavy atom. The predicted octanol–water partition coefficient (Wildman–Crippen LogP) is 4.55. The fraction of sp³-hybridized carbons (Fsp3) is 0.355. The Bertz CT molecular complexity index is 1830. The molecule has 2 fully saturated rings. The molecule has 238 valence electrons. The van der Waals surface area contributed by atoms with Crippen molar-refractivity contribution in [3.05, 3.63) is 58.4 Å². The Balaban J connectivity index is 1.36. The molecule has 5 heterocycles. The number of nitriles is 1. The van der Waals surface area contributed by atoms with E-state index in [1.807, 2.05) is 7.05 Å². The van der Waals surface area contributed by atoms with E-state index in [-0.39, 0.29) is 78.4 Å². The van der Waals surface area contributed by atoms with Crippen LogP contribution in [0.3, 0.4) is 0 Å². The van der Waals surface area contributed by atoms with Crippen LogP contribution in [0.4, 0.5) is 19.0 Å². The number of thiazole rings is 1. The highest BCUT2D eigenvalue weighted by molar-refractivity contribution is 7.10. The van der Waals surface area contributed by atoms with Gasteiger partial charge < -0.3 is 24.5 Å². The maximum Gasteiger partial charge on any atom is 0.319 e. The molecule has 0 radical (unpaired) electrons. The fourth-order valence-electron chi connectivity index (χ4n) is 5.78. The molecule has 0 spiro atoms. The topological polar surface area (TPSA) is 132 Å². The van der Waals surface area contributed by atoms with E-state index in [0.717, 1.165) is 43.7 Å². The number of phenols is 1. The molecule has 2 saturated heterocycles. The number of rotatable bonds is 8. The fourth-order valence-corrected chi connectivity index (χ4v) is 6.33. The first-order valence-corrected chi connectivity index (χ1v) is 15.5. The molecule has 1 N–H and O–H groups in total. The molecule has 0 aliphatic carbocycles. The number of hydrogen-bond donors (Lipinski definition) is 1. The molecule has 6 rings (SSSR count). The Morgan fingerprint density at radius 1 is 1.22 bits per heavy atom. The lowest BCUT2D eigenvalue weighted by Crippen LogP contribution is -2.55. The molecular weight excluding hydrogens is 621 g/mol. The first kappa shape index (κ1) is 31.2. The highest BCUT2D eigenvalue weighted by atomic mass is 32.1. The number of fused-ring (bicyclic) bond motifs is 1. The van der Waals surface area contributed by atoms with Crippen LogP contribution in [-0.4, -0.2) is 92.7 Å². The van der Waals surface area contributed by atoms with Gasteiger partial charge in [0.2, 0.25) is 0 Å². The van der Waals surface area contributed by atoms with Crippen LogP contribution in [0.15, 0.2) is 41.8 Å². The summed E-state index contributed by atoms with van der Waals surface area (Å²) in [5, 5.41) is 21.7. The molecule has 15 heteroatoms. The molecule has 0 bridgehead atoms. The Labute approximate surface area is 266 Å². The molecular formula is C31H29F3N8O3S. The number of likely N-dealkylation sites (tertiary alicyclic amines) is 1. The average Bonchev–Trinajstić information content (AvgIpc) is 3.72. The maximum atomic E-state index is 16.2. The predicted molar refractivity (Wildman–Crippen MR) is 165 cm³/mol. The number of anilines is 1. The number of ether oxygens (including phenoxy) is 1. The van der Waals surface area contributed by atoms with Gasteiger partial charge in [-0.1, -0.05) is 0 Å². The van der Waals surface area contributed by atoms with Gasteiger partial charge in [0.05, 0.1) is 23.9 Å². The van der Waals surface area contributed by atoms with Gasteiger partial charge >= 0.3 is 6.01 Å². The number of halogens is 3. The van der Waals surface area contributed by atoms with Gasteiger partial charge in [-0.2, -0.15) is 15.2 Å². The van der Waals surface area contributed by atoms with E-state index in [0.29, 0.717) is 5.01 Å². The number of aromatic nitrogens is 4. The lowest BCUT2D eigenvalue weighted by Gasteiger charge is -2.41. The van der Waals surface area contributed by atoms with Gasteiger partial charge in [-0.15, -0.1) is 11.3 Å². The number of likely N-dealkylation sites (N-methyl/N-ethyl adjacent to an activating group) is 1. The van der Waals surface area contributed by atoms with Gasteiger partial charge in [-0.05, 0) is 44.6 Å². The monoisotopic (exact) mass is 650 g/mol. The normalized spacial score (nSPS) is 19.1. The Morgan fingerprint density at radius 3 is 2.80 bits per heavy atom. The van der Waals surface area contributed by atoms with Crippen LogP contribution < -0.4 is 9.64 Å². The second-order valence-corrected chi connectivity index (χ2v) is 12.0. The molecule has 2 aliphatic heterocycles. The summed E-state index contributed by atoms with van der Waals surface area (Å²) in [6.45, 7) is 1.46. The largest absolute Gasteiger partial charge is 0.508 e. The van der Waals surface area contributed by atoms with Crippen molar-refractivity contribution in [1.82, 2.24) is 29.7 Å². The number of benzene rings is 1. The third kappa shape index (κ3) is 6.31. The smallest absolute Gasteiger partial charge is 0.319 e. The second kappa shape index (κ2) is 13.3. The third-order valence-electron chi connectivity index (χ3n) is 8.20. The minimum Gasteiger partial charge on any atom is -0.508 e. The van der Waals surface area contributed by atoms with Gasteiger partial charge in [0.25, 0.3) is 5.91 Å². The highest BCUT2D eigenvalue weighted by Gasteiger charge is 2.34. The average molecular weight is 651 g/mol. The van der Waals surface area contributed by atoms with Crippen LogP contribution in [0.2, 0.25) is 0 Å². The molecule has 4 aromatic rings. The number of piperazine rings is 1. The summed E-state index contributed by atoms with van der Waals surface area (Å²) in [4.78, 5) is 35.4. The number of hydrogen-bond acceptors (Lipinski definition) is 11. The minimum absolute atomic E-state index is 0.0430. The lowest BCUT2D eigenvalue weighted by atomic mass is 10.1. The summed E-state index contributed by atoms with van der Waals surface area (Å²) in [6.07, 6.45) is 5.71. The van der Waals surface area contributed by atoms with Gasteiger partial charge in [-0.3, -0.25) is 9.78 Å². The number of carbonyl (C=O) groups excluding carboxylic acids is 1. The molecule has 2 aliphatic rings. The van der Waals surface area contributed by atoms with E-state index in [4.69, 9.17) is 4.74 Å². The number of phenolic OH excluding ortho intramolecular Hbond substituents is 1. The molecule has 3 aromatic heterocycles. The van der Waals surface area contributed by atoms with Crippen molar-refractivity contribution in [2.45, 2.75) is 31.3 Å². The van der Waals surface area contributed by atoms with Crippen molar-refractivity contribution in [2.75, 3.05) is 44.7 Å².